The molecule has 1 saturated heterocycles. The molecule has 0 bridgehead atoms. The SMILES string of the molecule is COC1CCN(C(CN)c2cnccc2C)C1. The summed E-state index contributed by atoms with van der Waals surface area (Å²) in [6.07, 6.45) is 5.20. The number of ether oxygens (including phenoxy) is 1. The van der Waals surface area contributed by atoms with Crippen molar-refractivity contribution in [1.82, 2.24) is 9.88 Å². The van der Waals surface area contributed by atoms with Gasteiger partial charge in [-0.1, -0.05) is 0 Å². The van der Waals surface area contributed by atoms with E-state index in [1.807, 2.05) is 18.5 Å². The van der Waals surface area contributed by atoms with Crippen molar-refractivity contribution in [3.8, 4) is 0 Å². The molecule has 0 spiro atoms. The number of aryl methyl sites for hydroxylation is 1. The molecule has 17 heavy (non-hydrogen) atoms. The molecular formula is C13H21N3O. The first kappa shape index (κ1) is 12.5. The summed E-state index contributed by atoms with van der Waals surface area (Å²) in [5, 5.41) is 0. The molecule has 1 fully saturated rings. The molecule has 1 aromatic heterocycles. The summed E-state index contributed by atoms with van der Waals surface area (Å²) in [7, 11) is 1.78. The molecule has 4 nitrogen and oxygen atoms in total. The van der Waals surface area contributed by atoms with Gasteiger partial charge in [0.1, 0.15) is 0 Å². The van der Waals surface area contributed by atoms with Gasteiger partial charge in [-0.15, -0.1) is 0 Å². The Morgan fingerprint density at radius 3 is 3.06 bits per heavy atom. The molecule has 94 valence electrons. The van der Waals surface area contributed by atoms with Gasteiger partial charge in [0, 0.05) is 45.2 Å². The average Bonchev–Trinajstić information content (AvgIpc) is 2.81. The molecular weight excluding hydrogens is 214 g/mol. The summed E-state index contributed by atoms with van der Waals surface area (Å²) in [6.45, 7) is 4.76. The number of rotatable bonds is 4. The van der Waals surface area contributed by atoms with Crippen LogP contribution >= 0.6 is 0 Å². The second kappa shape index (κ2) is 5.58. The van der Waals surface area contributed by atoms with Gasteiger partial charge in [-0.2, -0.15) is 0 Å². The van der Waals surface area contributed by atoms with Gasteiger partial charge >= 0.3 is 0 Å². The lowest BCUT2D eigenvalue weighted by atomic mass is 10.0. The van der Waals surface area contributed by atoms with Crippen LogP contribution in [0.15, 0.2) is 18.5 Å². The van der Waals surface area contributed by atoms with E-state index in [9.17, 15) is 0 Å². The van der Waals surface area contributed by atoms with Crippen LogP contribution in [0.4, 0.5) is 0 Å². The first-order chi connectivity index (χ1) is 8.26. The number of methoxy groups -OCH3 is 1. The molecule has 0 aliphatic carbocycles. The molecule has 1 aliphatic heterocycles. The standard InChI is InChI=1S/C13H21N3O/c1-10-3-5-15-8-12(10)13(7-14)16-6-4-11(9-16)17-2/h3,5,8,11,13H,4,6-7,9,14H2,1-2H3. The predicted molar refractivity (Wildman–Crippen MR) is 67.8 cm³/mol. The third-order valence-corrected chi connectivity index (χ3v) is 3.61. The normalized spacial score (nSPS) is 22.9. The fraction of sp³-hybridized carbons (Fsp3) is 0.615. The van der Waals surface area contributed by atoms with Gasteiger partial charge in [0.05, 0.1) is 6.10 Å². The maximum absolute atomic E-state index is 5.93. The number of aromatic nitrogens is 1. The van der Waals surface area contributed by atoms with Crippen molar-refractivity contribution in [2.24, 2.45) is 5.73 Å². The summed E-state index contributed by atoms with van der Waals surface area (Å²) >= 11 is 0. The zero-order valence-electron chi connectivity index (χ0n) is 10.6. The summed E-state index contributed by atoms with van der Waals surface area (Å²) < 4.78 is 5.40. The lowest BCUT2D eigenvalue weighted by Crippen LogP contribution is -2.33. The van der Waals surface area contributed by atoms with E-state index in [1.54, 1.807) is 7.11 Å². The number of hydrogen-bond acceptors (Lipinski definition) is 4. The van der Waals surface area contributed by atoms with E-state index in [2.05, 4.69) is 16.8 Å². The molecule has 0 saturated carbocycles. The maximum atomic E-state index is 5.93. The molecule has 0 aromatic carbocycles. The Hall–Kier alpha value is -0.970. The van der Waals surface area contributed by atoms with E-state index in [0.717, 1.165) is 19.5 Å². The smallest absolute Gasteiger partial charge is 0.0710 e. The fourth-order valence-corrected chi connectivity index (χ4v) is 2.53. The van der Waals surface area contributed by atoms with Crippen molar-refractivity contribution in [2.75, 3.05) is 26.7 Å². The maximum Gasteiger partial charge on any atom is 0.0710 e. The highest BCUT2D eigenvalue weighted by atomic mass is 16.5. The van der Waals surface area contributed by atoms with E-state index in [4.69, 9.17) is 10.5 Å². The van der Waals surface area contributed by atoms with Gasteiger partial charge in [0.2, 0.25) is 0 Å². The first-order valence-electron chi connectivity index (χ1n) is 6.13. The molecule has 0 radical (unpaired) electrons. The molecule has 2 heterocycles. The van der Waals surface area contributed by atoms with Crippen LogP contribution in [0.5, 0.6) is 0 Å². The van der Waals surface area contributed by atoms with Crippen LogP contribution in [0.25, 0.3) is 0 Å². The van der Waals surface area contributed by atoms with Gasteiger partial charge in [-0.3, -0.25) is 9.88 Å². The molecule has 2 rings (SSSR count). The van der Waals surface area contributed by atoms with Gasteiger partial charge in [0.15, 0.2) is 0 Å². The van der Waals surface area contributed by atoms with Crippen molar-refractivity contribution in [1.29, 1.82) is 0 Å². The van der Waals surface area contributed by atoms with Gasteiger partial charge in [-0.25, -0.2) is 0 Å². The minimum atomic E-state index is 0.267. The second-order valence-electron chi connectivity index (χ2n) is 4.63. The van der Waals surface area contributed by atoms with Crippen LogP contribution in [-0.2, 0) is 4.74 Å². The zero-order valence-corrected chi connectivity index (χ0v) is 10.6. The van der Waals surface area contributed by atoms with Crippen LogP contribution in [0.3, 0.4) is 0 Å². The molecule has 0 amide bonds. The number of hydrogen-bond donors (Lipinski definition) is 1. The van der Waals surface area contributed by atoms with E-state index in [1.165, 1.54) is 11.1 Å². The molecule has 2 atom stereocenters. The van der Waals surface area contributed by atoms with Gasteiger partial charge in [0.25, 0.3) is 0 Å². The molecule has 2 unspecified atom stereocenters. The number of likely N-dealkylation sites (tertiary alicyclic amines) is 1. The van der Waals surface area contributed by atoms with Crippen LogP contribution in [0, 0.1) is 6.92 Å². The minimum Gasteiger partial charge on any atom is -0.380 e. The van der Waals surface area contributed by atoms with Crippen LogP contribution < -0.4 is 5.73 Å². The average molecular weight is 235 g/mol. The second-order valence-corrected chi connectivity index (χ2v) is 4.63. The monoisotopic (exact) mass is 235 g/mol. The van der Waals surface area contributed by atoms with Crippen LogP contribution in [0.1, 0.15) is 23.6 Å². The lowest BCUT2D eigenvalue weighted by Gasteiger charge is -2.27. The number of pyridine rings is 1. The predicted octanol–water partition coefficient (Wildman–Crippen LogP) is 1.11. The molecule has 4 heteroatoms. The number of nitrogens with zero attached hydrogens (tertiary/aromatic N) is 2. The Morgan fingerprint density at radius 2 is 2.47 bits per heavy atom. The Kier molecular flexibility index (Phi) is 4.10. The Morgan fingerprint density at radius 1 is 1.65 bits per heavy atom. The fourth-order valence-electron chi connectivity index (χ4n) is 2.53. The van der Waals surface area contributed by atoms with E-state index < -0.39 is 0 Å². The highest BCUT2D eigenvalue weighted by Gasteiger charge is 2.29. The number of nitrogens with two attached hydrogens (primary N) is 1. The van der Waals surface area contributed by atoms with E-state index in [0.29, 0.717) is 12.6 Å². The summed E-state index contributed by atoms with van der Waals surface area (Å²) in [4.78, 5) is 6.61. The molecule has 1 aromatic rings. The topological polar surface area (TPSA) is 51.4 Å². The highest BCUT2D eigenvalue weighted by molar-refractivity contribution is 5.25. The minimum absolute atomic E-state index is 0.267. The summed E-state index contributed by atoms with van der Waals surface area (Å²) in [6, 6.07) is 2.31. The third kappa shape index (κ3) is 2.65. The van der Waals surface area contributed by atoms with Crippen molar-refractivity contribution in [3.05, 3.63) is 29.6 Å². The van der Waals surface area contributed by atoms with Crippen molar-refractivity contribution < 1.29 is 4.74 Å². The molecule has 1 aliphatic rings. The van der Waals surface area contributed by atoms with E-state index in [-0.39, 0.29) is 6.04 Å². The molecule has 2 N–H and O–H groups in total. The highest BCUT2D eigenvalue weighted by Crippen LogP contribution is 2.26. The van der Waals surface area contributed by atoms with Crippen LogP contribution in [0.2, 0.25) is 0 Å². The summed E-state index contributed by atoms with van der Waals surface area (Å²) in [5.41, 5.74) is 8.43. The zero-order chi connectivity index (χ0) is 12.3. The largest absolute Gasteiger partial charge is 0.380 e. The Labute approximate surface area is 103 Å². The quantitative estimate of drug-likeness (QED) is 0.849. The Bertz CT molecular complexity index is 369. The van der Waals surface area contributed by atoms with Gasteiger partial charge in [-0.05, 0) is 30.5 Å². The summed E-state index contributed by atoms with van der Waals surface area (Å²) in [5.74, 6) is 0. The van der Waals surface area contributed by atoms with Crippen molar-refractivity contribution in [2.45, 2.75) is 25.5 Å². The van der Waals surface area contributed by atoms with Crippen molar-refractivity contribution in [3.63, 3.8) is 0 Å². The van der Waals surface area contributed by atoms with Gasteiger partial charge < -0.3 is 10.5 Å². The first-order valence-corrected chi connectivity index (χ1v) is 6.13. The Balaban J connectivity index is 2.15. The lowest BCUT2D eigenvalue weighted by molar-refractivity contribution is 0.101. The van der Waals surface area contributed by atoms with Crippen LogP contribution in [-0.4, -0.2) is 42.7 Å². The van der Waals surface area contributed by atoms with Crippen molar-refractivity contribution >= 4 is 0 Å². The van der Waals surface area contributed by atoms with E-state index >= 15 is 0 Å². The third-order valence-electron chi connectivity index (χ3n) is 3.61.